The summed E-state index contributed by atoms with van der Waals surface area (Å²) in [7, 11) is 0. The molecule has 6 rings (SSSR count). The highest BCUT2D eigenvalue weighted by Crippen LogP contribution is 2.29. The fourth-order valence-electron chi connectivity index (χ4n) is 5.12. The number of carboxylic acids is 1. The summed E-state index contributed by atoms with van der Waals surface area (Å²) in [5.74, 6) is 0.611. The molecule has 2 aromatic carbocycles. The summed E-state index contributed by atoms with van der Waals surface area (Å²) in [5, 5.41) is 17.3. The van der Waals surface area contributed by atoms with Gasteiger partial charge >= 0.3 is 5.97 Å². The number of carboxylic acid groups (broad SMARTS) is 1. The van der Waals surface area contributed by atoms with Crippen LogP contribution in [-0.2, 0) is 6.42 Å². The van der Waals surface area contributed by atoms with Crippen LogP contribution in [0, 0.1) is 0 Å². The molecular formula is C31H28N6O3. The number of ketones is 1. The van der Waals surface area contributed by atoms with E-state index in [-0.39, 0.29) is 17.8 Å². The van der Waals surface area contributed by atoms with Crippen molar-refractivity contribution in [1.82, 2.24) is 19.6 Å². The number of aromatic carboxylic acids is 1. The molecule has 9 heteroatoms. The van der Waals surface area contributed by atoms with E-state index in [2.05, 4.69) is 22.1 Å². The van der Waals surface area contributed by atoms with Crippen LogP contribution in [-0.4, -0.2) is 49.0 Å². The van der Waals surface area contributed by atoms with Crippen LogP contribution in [0.5, 0.6) is 0 Å². The number of fused-ring (bicyclic) bond motifs is 1. The normalized spacial score (nSPS) is 14.9. The zero-order valence-electron chi connectivity index (χ0n) is 22.0. The maximum atomic E-state index is 13.1. The van der Waals surface area contributed by atoms with Gasteiger partial charge in [0.25, 0.3) is 0 Å². The Balaban J connectivity index is 1.27. The molecule has 5 aromatic rings. The van der Waals surface area contributed by atoms with Crippen molar-refractivity contribution in [3.05, 3.63) is 102 Å². The van der Waals surface area contributed by atoms with Gasteiger partial charge in [0.15, 0.2) is 11.4 Å². The van der Waals surface area contributed by atoms with E-state index in [9.17, 15) is 9.59 Å². The number of pyridine rings is 1. The number of carbonyl (C=O) groups excluding carboxylic acids is 1. The molecule has 2 N–H and O–H groups in total. The van der Waals surface area contributed by atoms with Crippen LogP contribution in [0.3, 0.4) is 0 Å². The zero-order valence-corrected chi connectivity index (χ0v) is 22.0. The average molecular weight is 533 g/mol. The highest BCUT2D eigenvalue weighted by molar-refractivity contribution is 5.98. The number of hydrogen-bond donors (Lipinski definition) is 2. The predicted molar refractivity (Wildman–Crippen MR) is 153 cm³/mol. The molecule has 1 fully saturated rings. The molecule has 1 aliphatic heterocycles. The van der Waals surface area contributed by atoms with E-state index in [1.165, 1.54) is 25.0 Å². The summed E-state index contributed by atoms with van der Waals surface area (Å²) in [6, 6.07) is 22.1. The lowest BCUT2D eigenvalue weighted by molar-refractivity contribution is 0.0696. The standard InChI is InChI=1S/C31H28N6O3/c1-20-5-4-15-36(20)29-9-3-8-28(34-29)33-26-19-25(35-37-16-14-32-30(26)37)23-6-2-7-24(18-23)27(38)17-21-10-12-22(13-11-21)31(39)40/h2-3,6-14,16,18-20H,4-5,15,17H2,1H3,(H,33,34)(H,39,40). The van der Waals surface area contributed by atoms with Crippen LogP contribution in [0.1, 0.15) is 46.0 Å². The van der Waals surface area contributed by atoms with Crippen molar-refractivity contribution >= 4 is 34.7 Å². The second-order valence-electron chi connectivity index (χ2n) is 10.0. The van der Waals surface area contributed by atoms with Crippen molar-refractivity contribution in [2.24, 2.45) is 0 Å². The third-order valence-corrected chi connectivity index (χ3v) is 7.25. The molecule has 3 aromatic heterocycles. The summed E-state index contributed by atoms with van der Waals surface area (Å²) in [6.07, 6.45) is 5.99. The van der Waals surface area contributed by atoms with Crippen LogP contribution in [0.15, 0.2) is 85.2 Å². The van der Waals surface area contributed by atoms with E-state index in [0.29, 0.717) is 22.9 Å². The Morgan fingerprint density at radius 3 is 2.62 bits per heavy atom. The van der Waals surface area contributed by atoms with Crippen molar-refractivity contribution in [2.45, 2.75) is 32.2 Å². The van der Waals surface area contributed by atoms with Gasteiger partial charge < -0.3 is 15.3 Å². The minimum Gasteiger partial charge on any atom is -0.478 e. The lowest BCUT2D eigenvalue weighted by atomic mass is 9.99. The molecule has 0 spiro atoms. The number of carbonyl (C=O) groups is 2. The van der Waals surface area contributed by atoms with Gasteiger partial charge in [-0.15, -0.1) is 0 Å². The number of Topliss-reactive ketones (excluding diaryl/α,β-unsaturated/α-hetero) is 1. The monoisotopic (exact) mass is 532 g/mol. The summed E-state index contributed by atoms with van der Waals surface area (Å²) >= 11 is 0. The van der Waals surface area contributed by atoms with Crippen LogP contribution in [0.25, 0.3) is 16.9 Å². The second kappa shape index (κ2) is 10.6. The second-order valence-corrected chi connectivity index (χ2v) is 10.0. The number of rotatable bonds is 8. The molecule has 1 saturated heterocycles. The fourth-order valence-corrected chi connectivity index (χ4v) is 5.12. The van der Waals surface area contributed by atoms with Crippen molar-refractivity contribution < 1.29 is 14.7 Å². The third kappa shape index (κ3) is 5.13. The molecule has 200 valence electrons. The molecular weight excluding hydrogens is 504 g/mol. The minimum atomic E-state index is -0.994. The molecule has 0 bridgehead atoms. The molecule has 1 unspecified atom stereocenters. The molecule has 4 heterocycles. The molecule has 40 heavy (non-hydrogen) atoms. The largest absolute Gasteiger partial charge is 0.478 e. The van der Waals surface area contributed by atoms with E-state index in [1.807, 2.05) is 42.5 Å². The van der Waals surface area contributed by atoms with Crippen LogP contribution in [0.4, 0.5) is 17.3 Å². The molecule has 0 amide bonds. The summed E-state index contributed by atoms with van der Waals surface area (Å²) in [5.41, 5.74) is 4.39. The Morgan fingerprint density at radius 1 is 1.02 bits per heavy atom. The number of hydrogen-bond acceptors (Lipinski definition) is 7. The fraction of sp³-hybridized carbons (Fsp3) is 0.194. The molecule has 0 radical (unpaired) electrons. The lowest BCUT2D eigenvalue weighted by Gasteiger charge is -2.23. The van der Waals surface area contributed by atoms with Crippen molar-refractivity contribution in [2.75, 3.05) is 16.8 Å². The highest BCUT2D eigenvalue weighted by Gasteiger charge is 2.22. The van der Waals surface area contributed by atoms with Gasteiger partial charge in [0.05, 0.1) is 16.9 Å². The van der Waals surface area contributed by atoms with Gasteiger partial charge in [-0.1, -0.05) is 36.4 Å². The van der Waals surface area contributed by atoms with Crippen molar-refractivity contribution in [1.29, 1.82) is 0 Å². The number of anilines is 3. The van der Waals surface area contributed by atoms with E-state index in [4.69, 9.17) is 15.2 Å². The Bertz CT molecular complexity index is 1710. The molecule has 1 aliphatic rings. The lowest BCUT2D eigenvalue weighted by Crippen LogP contribution is -2.27. The molecule has 9 nitrogen and oxygen atoms in total. The number of benzene rings is 2. The third-order valence-electron chi connectivity index (χ3n) is 7.25. The van der Waals surface area contributed by atoms with Crippen LogP contribution in [0.2, 0.25) is 0 Å². The SMILES string of the molecule is CC1CCCN1c1cccc(Nc2cc(-c3cccc(C(=O)Cc4ccc(C(=O)O)cc4)c3)nn3ccnc23)n1. The van der Waals surface area contributed by atoms with Gasteiger partial charge in [0.1, 0.15) is 11.6 Å². The minimum absolute atomic E-state index is 0.0656. The van der Waals surface area contributed by atoms with Crippen LogP contribution >= 0.6 is 0 Å². The number of nitrogens with one attached hydrogen (secondary N) is 1. The van der Waals surface area contributed by atoms with E-state index < -0.39 is 5.97 Å². The molecule has 0 aliphatic carbocycles. The Hall–Kier alpha value is -5.05. The molecule has 0 saturated carbocycles. The van der Waals surface area contributed by atoms with E-state index in [0.717, 1.165) is 35.0 Å². The Kier molecular flexibility index (Phi) is 6.69. The first-order valence-corrected chi connectivity index (χ1v) is 13.3. The predicted octanol–water partition coefficient (Wildman–Crippen LogP) is 5.65. The highest BCUT2D eigenvalue weighted by atomic mass is 16.4. The van der Waals surface area contributed by atoms with E-state index in [1.54, 1.807) is 35.1 Å². The van der Waals surface area contributed by atoms with Crippen molar-refractivity contribution in [3.8, 4) is 11.3 Å². The van der Waals surface area contributed by atoms with Gasteiger partial charge in [-0.05, 0) is 61.7 Å². The number of imidazole rings is 1. The van der Waals surface area contributed by atoms with Gasteiger partial charge in [-0.2, -0.15) is 5.10 Å². The summed E-state index contributed by atoms with van der Waals surface area (Å²) in [6.45, 7) is 3.23. The quantitative estimate of drug-likeness (QED) is 0.247. The average Bonchev–Trinajstić information content (AvgIpc) is 3.62. The Labute approximate surface area is 231 Å². The topological polar surface area (TPSA) is 113 Å². The first kappa shape index (κ1) is 25.2. The summed E-state index contributed by atoms with van der Waals surface area (Å²) in [4.78, 5) is 35.9. The zero-order chi connectivity index (χ0) is 27.6. The first-order valence-electron chi connectivity index (χ1n) is 13.3. The number of nitrogens with zero attached hydrogens (tertiary/aromatic N) is 5. The van der Waals surface area contributed by atoms with Crippen LogP contribution < -0.4 is 10.2 Å². The van der Waals surface area contributed by atoms with Crippen molar-refractivity contribution in [3.63, 3.8) is 0 Å². The van der Waals surface area contributed by atoms with Gasteiger partial charge in [0, 0.05) is 42.5 Å². The first-order chi connectivity index (χ1) is 19.4. The van der Waals surface area contributed by atoms with E-state index >= 15 is 0 Å². The van der Waals surface area contributed by atoms with Gasteiger partial charge in [0.2, 0.25) is 0 Å². The summed E-state index contributed by atoms with van der Waals surface area (Å²) < 4.78 is 1.71. The maximum absolute atomic E-state index is 13.1. The number of aromatic nitrogens is 4. The van der Waals surface area contributed by atoms with Gasteiger partial charge in [-0.3, -0.25) is 4.79 Å². The molecule has 1 atom stereocenters. The van der Waals surface area contributed by atoms with Gasteiger partial charge in [-0.25, -0.2) is 19.3 Å². The smallest absolute Gasteiger partial charge is 0.335 e. The maximum Gasteiger partial charge on any atom is 0.335 e. The Morgan fingerprint density at radius 2 is 1.85 bits per heavy atom.